The molecule has 0 bridgehead atoms. The van der Waals surface area contributed by atoms with Crippen LogP contribution in [0.1, 0.15) is 5.56 Å². The zero-order valence-corrected chi connectivity index (χ0v) is 20.8. The van der Waals surface area contributed by atoms with Crippen molar-refractivity contribution in [1.82, 2.24) is 25.2 Å². The van der Waals surface area contributed by atoms with Crippen molar-refractivity contribution in [2.24, 2.45) is 5.10 Å². The maximum atomic E-state index is 12.5. The van der Waals surface area contributed by atoms with Crippen molar-refractivity contribution >= 4 is 46.4 Å². The van der Waals surface area contributed by atoms with Gasteiger partial charge in [0.05, 0.1) is 19.1 Å². The zero-order chi connectivity index (χ0) is 24.9. The summed E-state index contributed by atoms with van der Waals surface area (Å²) < 4.78 is 7.15. The summed E-state index contributed by atoms with van der Waals surface area (Å²) in [5.41, 5.74) is 6.17. The molecule has 0 saturated heterocycles. The Labute approximate surface area is 216 Å². The van der Waals surface area contributed by atoms with E-state index in [1.165, 1.54) is 11.8 Å². The summed E-state index contributed by atoms with van der Waals surface area (Å²) >= 11 is 7.36. The van der Waals surface area contributed by atoms with Gasteiger partial charge in [-0.1, -0.05) is 41.6 Å². The molecule has 0 atom stereocenters. The molecule has 2 heterocycles. The first-order chi connectivity index (χ1) is 17.6. The zero-order valence-electron chi connectivity index (χ0n) is 19.2. The summed E-state index contributed by atoms with van der Waals surface area (Å²) in [5, 5.41) is 15.1. The van der Waals surface area contributed by atoms with E-state index in [2.05, 4.69) is 25.7 Å². The lowest BCUT2D eigenvalue weighted by molar-refractivity contribution is -0.118. The number of fused-ring (bicyclic) bond motifs is 1. The molecule has 5 rings (SSSR count). The number of carbonyl (C=O) groups excluding carboxylic acids is 1. The van der Waals surface area contributed by atoms with E-state index in [9.17, 15) is 4.79 Å². The summed E-state index contributed by atoms with van der Waals surface area (Å²) in [6.45, 7) is 0. The van der Waals surface area contributed by atoms with E-state index in [-0.39, 0.29) is 11.7 Å². The number of H-pyrrole nitrogens is 1. The number of para-hydroxylation sites is 1. The fraction of sp³-hybridized carbons (Fsp3) is 0.0769. The highest BCUT2D eigenvalue weighted by Crippen LogP contribution is 2.29. The van der Waals surface area contributed by atoms with E-state index in [0.717, 1.165) is 33.5 Å². The highest BCUT2D eigenvalue weighted by atomic mass is 35.5. The number of nitrogens with zero attached hydrogens (tertiary/aromatic N) is 4. The Balaban J connectivity index is 1.32. The summed E-state index contributed by atoms with van der Waals surface area (Å²) in [6.07, 6.45) is 3.48. The van der Waals surface area contributed by atoms with Crippen LogP contribution in [0.5, 0.6) is 5.75 Å². The van der Waals surface area contributed by atoms with Gasteiger partial charge in [-0.25, -0.2) is 5.43 Å². The number of hydrazone groups is 1. The average Bonchev–Trinajstić information content (AvgIpc) is 3.52. The van der Waals surface area contributed by atoms with Crippen molar-refractivity contribution in [1.29, 1.82) is 0 Å². The Morgan fingerprint density at radius 1 is 1.11 bits per heavy atom. The minimum atomic E-state index is -0.257. The quantitative estimate of drug-likeness (QED) is 0.165. The molecule has 3 aromatic carbocycles. The lowest BCUT2D eigenvalue weighted by Crippen LogP contribution is -2.20. The molecule has 5 aromatic rings. The van der Waals surface area contributed by atoms with Crippen LogP contribution < -0.4 is 10.2 Å². The predicted octanol–water partition coefficient (Wildman–Crippen LogP) is 5.32. The van der Waals surface area contributed by atoms with Gasteiger partial charge in [-0.05, 0) is 54.6 Å². The van der Waals surface area contributed by atoms with E-state index in [4.69, 9.17) is 16.3 Å². The highest BCUT2D eigenvalue weighted by molar-refractivity contribution is 7.99. The molecule has 180 valence electrons. The van der Waals surface area contributed by atoms with Crippen molar-refractivity contribution in [2.75, 3.05) is 12.9 Å². The number of nitrogens with one attached hydrogen (secondary N) is 2. The third-order valence-electron chi connectivity index (χ3n) is 5.41. The lowest BCUT2D eigenvalue weighted by atomic mass is 10.2. The first-order valence-electron chi connectivity index (χ1n) is 11.0. The molecule has 0 aliphatic heterocycles. The summed E-state index contributed by atoms with van der Waals surface area (Å²) in [7, 11) is 1.62. The first-order valence-corrected chi connectivity index (χ1v) is 12.4. The molecule has 0 aliphatic rings. The normalized spacial score (nSPS) is 11.3. The van der Waals surface area contributed by atoms with Crippen LogP contribution in [0, 0.1) is 0 Å². The Bertz CT molecular complexity index is 1530. The number of halogens is 1. The molecule has 0 fully saturated rings. The molecular weight excluding hydrogens is 496 g/mol. The van der Waals surface area contributed by atoms with Crippen LogP contribution >= 0.6 is 23.4 Å². The molecule has 0 spiro atoms. The minimum Gasteiger partial charge on any atom is -0.497 e. The van der Waals surface area contributed by atoms with Crippen molar-refractivity contribution in [3.8, 4) is 22.8 Å². The van der Waals surface area contributed by atoms with E-state index in [1.54, 1.807) is 25.5 Å². The van der Waals surface area contributed by atoms with Gasteiger partial charge in [-0.15, -0.1) is 10.2 Å². The average molecular weight is 517 g/mol. The molecule has 36 heavy (non-hydrogen) atoms. The molecule has 2 N–H and O–H groups in total. The topological polar surface area (TPSA) is 97.2 Å². The van der Waals surface area contributed by atoms with Gasteiger partial charge in [0.15, 0.2) is 11.0 Å². The van der Waals surface area contributed by atoms with Crippen molar-refractivity contribution in [3.05, 3.63) is 89.6 Å². The number of ether oxygens (including phenoxy) is 1. The fourth-order valence-corrected chi connectivity index (χ4v) is 4.52. The second-order valence-electron chi connectivity index (χ2n) is 7.72. The van der Waals surface area contributed by atoms with Crippen LogP contribution in [0.25, 0.3) is 28.0 Å². The van der Waals surface area contributed by atoms with Crippen molar-refractivity contribution in [3.63, 3.8) is 0 Å². The smallest absolute Gasteiger partial charge is 0.250 e. The number of hydrogen-bond donors (Lipinski definition) is 2. The van der Waals surface area contributed by atoms with Crippen LogP contribution in [-0.4, -0.2) is 44.7 Å². The largest absolute Gasteiger partial charge is 0.497 e. The third kappa shape index (κ3) is 5.12. The van der Waals surface area contributed by atoms with Crippen LogP contribution in [0.15, 0.2) is 89.3 Å². The molecule has 0 aliphatic carbocycles. The van der Waals surface area contributed by atoms with Gasteiger partial charge in [0, 0.05) is 38.9 Å². The van der Waals surface area contributed by atoms with Gasteiger partial charge in [-0.3, -0.25) is 9.36 Å². The Morgan fingerprint density at radius 3 is 2.67 bits per heavy atom. The molecule has 10 heteroatoms. The molecule has 1 amide bonds. The molecule has 0 unspecified atom stereocenters. The molecule has 2 aromatic heterocycles. The summed E-state index contributed by atoms with van der Waals surface area (Å²) in [5.74, 6) is 1.24. The van der Waals surface area contributed by atoms with E-state index in [0.29, 0.717) is 16.0 Å². The van der Waals surface area contributed by atoms with Crippen molar-refractivity contribution < 1.29 is 9.53 Å². The summed E-state index contributed by atoms with van der Waals surface area (Å²) in [6, 6.07) is 22.8. The molecule has 0 saturated carbocycles. The number of carbonyl (C=O) groups is 1. The number of aromatic nitrogens is 4. The second-order valence-corrected chi connectivity index (χ2v) is 9.10. The molecule has 8 nitrogen and oxygen atoms in total. The maximum absolute atomic E-state index is 12.5. The highest BCUT2D eigenvalue weighted by Gasteiger charge is 2.17. The number of amides is 1. The Morgan fingerprint density at radius 2 is 1.89 bits per heavy atom. The number of aromatic amines is 1. The van der Waals surface area contributed by atoms with Gasteiger partial charge < -0.3 is 9.72 Å². The Hall–Kier alpha value is -4.08. The third-order valence-corrected chi connectivity index (χ3v) is 6.59. The summed E-state index contributed by atoms with van der Waals surface area (Å²) in [4.78, 5) is 15.7. The van der Waals surface area contributed by atoms with Gasteiger partial charge in [0.2, 0.25) is 0 Å². The molecular formula is C26H21ClN6O2S. The van der Waals surface area contributed by atoms with E-state index < -0.39 is 0 Å². The monoisotopic (exact) mass is 516 g/mol. The van der Waals surface area contributed by atoms with Gasteiger partial charge in [-0.2, -0.15) is 5.10 Å². The van der Waals surface area contributed by atoms with E-state index in [1.807, 2.05) is 71.4 Å². The SMILES string of the molecule is COc1ccc(-c2nnc(SCC(=O)N/N=C/c3c[nH]c4ccccc34)n2-c2ccc(Cl)cc2)cc1. The lowest BCUT2D eigenvalue weighted by Gasteiger charge is -2.11. The number of methoxy groups -OCH3 is 1. The second kappa shape index (κ2) is 10.7. The number of rotatable bonds is 8. The maximum Gasteiger partial charge on any atom is 0.250 e. The predicted molar refractivity (Wildman–Crippen MR) is 143 cm³/mol. The van der Waals surface area contributed by atoms with Crippen LogP contribution in [-0.2, 0) is 4.79 Å². The van der Waals surface area contributed by atoms with Crippen LogP contribution in [0.2, 0.25) is 5.02 Å². The first kappa shape index (κ1) is 23.7. The van der Waals surface area contributed by atoms with E-state index >= 15 is 0 Å². The van der Waals surface area contributed by atoms with Crippen LogP contribution in [0.3, 0.4) is 0 Å². The number of thioether (sulfide) groups is 1. The molecule has 0 radical (unpaired) electrons. The standard InChI is InChI=1S/C26H21ClN6O2S/c1-35-21-12-6-17(7-13-21)25-31-32-26(33(25)20-10-8-19(27)9-11-20)36-16-24(34)30-29-15-18-14-28-23-5-3-2-4-22(18)23/h2-15,28H,16H2,1H3,(H,30,34)/b29-15+. The Kier molecular flexibility index (Phi) is 7.01. The number of hydrogen-bond acceptors (Lipinski definition) is 6. The number of benzene rings is 3. The van der Waals surface area contributed by atoms with Gasteiger partial charge in [0.25, 0.3) is 5.91 Å². The fourth-order valence-electron chi connectivity index (χ4n) is 3.65. The van der Waals surface area contributed by atoms with Gasteiger partial charge in [0.1, 0.15) is 5.75 Å². The van der Waals surface area contributed by atoms with Crippen LogP contribution in [0.4, 0.5) is 0 Å². The van der Waals surface area contributed by atoms with Crippen molar-refractivity contribution in [2.45, 2.75) is 5.16 Å². The van der Waals surface area contributed by atoms with Gasteiger partial charge >= 0.3 is 0 Å². The minimum absolute atomic E-state index is 0.111.